The van der Waals surface area contributed by atoms with Gasteiger partial charge in [-0.05, 0) is 32.7 Å². The molecule has 0 aromatic heterocycles. The van der Waals surface area contributed by atoms with E-state index in [1.807, 2.05) is 6.92 Å². The molecule has 12 heavy (non-hydrogen) atoms. The van der Waals surface area contributed by atoms with Gasteiger partial charge in [-0.25, -0.2) is 0 Å². The van der Waals surface area contributed by atoms with Crippen LogP contribution in [-0.4, -0.2) is 24.9 Å². The van der Waals surface area contributed by atoms with Crippen molar-refractivity contribution in [1.82, 2.24) is 5.32 Å². The van der Waals surface area contributed by atoms with Gasteiger partial charge < -0.3 is 10.2 Å². The van der Waals surface area contributed by atoms with Gasteiger partial charge in [0.05, 0.1) is 5.71 Å². The van der Waals surface area contributed by atoms with Crippen LogP contribution in [0.4, 0.5) is 0 Å². The second-order valence-corrected chi connectivity index (χ2v) is 3.27. The Morgan fingerprint density at radius 3 is 3.08 bits per heavy atom. The first-order chi connectivity index (χ1) is 5.83. The highest BCUT2D eigenvalue weighted by atomic mass is 16.6. The summed E-state index contributed by atoms with van der Waals surface area (Å²) in [6.45, 7) is 5.92. The summed E-state index contributed by atoms with van der Waals surface area (Å²) in [5.41, 5.74) is 1.06. The van der Waals surface area contributed by atoms with Gasteiger partial charge in [-0.15, -0.1) is 0 Å². The van der Waals surface area contributed by atoms with E-state index >= 15 is 0 Å². The van der Waals surface area contributed by atoms with E-state index in [4.69, 9.17) is 4.84 Å². The fourth-order valence-electron chi connectivity index (χ4n) is 1.20. The standard InChI is InChI=1S/C9H18N2O/c1-3-8(2)11-12-7-9-5-4-6-10-9/h9-10H,3-7H2,1-2H3/b11-8-/t9-/m0/s1. The zero-order valence-corrected chi connectivity index (χ0v) is 7.97. The minimum absolute atomic E-state index is 0.526. The molecule has 1 heterocycles. The Morgan fingerprint density at radius 1 is 1.67 bits per heavy atom. The fourth-order valence-corrected chi connectivity index (χ4v) is 1.20. The van der Waals surface area contributed by atoms with E-state index in [2.05, 4.69) is 17.4 Å². The lowest BCUT2D eigenvalue weighted by Crippen LogP contribution is -2.25. The van der Waals surface area contributed by atoms with Gasteiger partial charge in [-0.2, -0.15) is 0 Å². The number of hydrogen-bond acceptors (Lipinski definition) is 3. The zero-order valence-electron chi connectivity index (χ0n) is 7.97. The minimum atomic E-state index is 0.526. The Hall–Kier alpha value is -0.570. The Bertz CT molecular complexity index is 151. The topological polar surface area (TPSA) is 33.6 Å². The van der Waals surface area contributed by atoms with Crippen LogP contribution in [0.3, 0.4) is 0 Å². The first-order valence-electron chi connectivity index (χ1n) is 4.71. The summed E-state index contributed by atoms with van der Waals surface area (Å²) in [7, 11) is 0. The largest absolute Gasteiger partial charge is 0.394 e. The van der Waals surface area contributed by atoms with Crippen molar-refractivity contribution in [2.45, 2.75) is 39.2 Å². The number of hydrogen-bond donors (Lipinski definition) is 1. The van der Waals surface area contributed by atoms with Crippen molar-refractivity contribution in [3.63, 3.8) is 0 Å². The average molecular weight is 170 g/mol. The third-order valence-electron chi connectivity index (χ3n) is 2.17. The van der Waals surface area contributed by atoms with Crippen LogP contribution < -0.4 is 5.32 Å². The summed E-state index contributed by atoms with van der Waals surface area (Å²) in [6.07, 6.45) is 3.46. The van der Waals surface area contributed by atoms with E-state index in [-0.39, 0.29) is 0 Å². The van der Waals surface area contributed by atoms with Gasteiger partial charge in [-0.1, -0.05) is 12.1 Å². The smallest absolute Gasteiger partial charge is 0.132 e. The van der Waals surface area contributed by atoms with E-state index in [1.54, 1.807) is 0 Å². The predicted octanol–water partition coefficient (Wildman–Crippen LogP) is 1.54. The van der Waals surface area contributed by atoms with E-state index in [1.165, 1.54) is 12.8 Å². The SMILES string of the molecule is CC/C(C)=N\OC[C@@H]1CCCN1. The van der Waals surface area contributed by atoms with E-state index in [0.717, 1.165) is 25.3 Å². The number of nitrogens with one attached hydrogen (secondary N) is 1. The fraction of sp³-hybridized carbons (Fsp3) is 0.889. The lowest BCUT2D eigenvalue weighted by atomic mass is 10.2. The summed E-state index contributed by atoms with van der Waals surface area (Å²) >= 11 is 0. The Labute approximate surface area is 74.2 Å². The second-order valence-electron chi connectivity index (χ2n) is 3.27. The van der Waals surface area contributed by atoms with Crippen molar-refractivity contribution in [3.8, 4) is 0 Å². The summed E-state index contributed by atoms with van der Waals surface area (Å²) in [4.78, 5) is 5.20. The Balaban J connectivity index is 2.08. The van der Waals surface area contributed by atoms with Crippen molar-refractivity contribution in [1.29, 1.82) is 0 Å². The molecule has 1 aliphatic rings. The van der Waals surface area contributed by atoms with Crippen molar-refractivity contribution in [2.24, 2.45) is 5.16 Å². The third-order valence-corrected chi connectivity index (χ3v) is 2.17. The molecule has 1 atom stereocenters. The molecule has 0 unspecified atom stereocenters. The van der Waals surface area contributed by atoms with Crippen LogP contribution in [0.1, 0.15) is 33.1 Å². The van der Waals surface area contributed by atoms with Gasteiger partial charge in [-0.3, -0.25) is 0 Å². The van der Waals surface area contributed by atoms with Crippen LogP contribution in [0.25, 0.3) is 0 Å². The normalized spacial score (nSPS) is 24.5. The molecule has 0 aromatic carbocycles. The molecule has 3 heteroatoms. The van der Waals surface area contributed by atoms with E-state index in [9.17, 15) is 0 Å². The molecule has 1 rings (SSSR count). The molecular weight excluding hydrogens is 152 g/mol. The molecule has 0 radical (unpaired) electrons. The van der Waals surface area contributed by atoms with Crippen molar-refractivity contribution >= 4 is 5.71 Å². The first-order valence-corrected chi connectivity index (χ1v) is 4.71. The maximum atomic E-state index is 5.20. The van der Waals surface area contributed by atoms with Crippen LogP contribution >= 0.6 is 0 Å². The maximum Gasteiger partial charge on any atom is 0.132 e. The summed E-state index contributed by atoms with van der Waals surface area (Å²) in [6, 6.07) is 0.526. The van der Waals surface area contributed by atoms with Crippen molar-refractivity contribution in [3.05, 3.63) is 0 Å². The highest BCUT2D eigenvalue weighted by Crippen LogP contribution is 2.04. The van der Waals surface area contributed by atoms with E-state index in [0.29, 0.717) is 6.04 Å². The van der Waals surface area contributed by atoms with Crippen LogP contribution in [0.5, 0.6) is 0 Å². The van der Waals surface area contributed by atoms with Crippen molar-refractivity contribution in [2.75, 3.05) is 13.2 Å². The number of oxime groups is 1. The molecule has 0 aromatic rings. The number of nitrogens with zero attached hydrogens (tertiary/aromatic N) is 1. The van der Waals surface area contributed by atoms with Crippen LogP contribution in [-0.2, 0) is 4.84 Å². The maximum absolute atomic E-state index is 5.20. The highest BCUT2D eigenvalue weighted by molar-refractivity contribution is 5.80. The van der Waals surface area contributed by atoms with Crippen LogP contribution in [0, 0.1) is 0 Å². The monoisotopic (exact) mass is 170 g/mol. The minimum Gasteiger partial charge on any atom is -0.394 e. The molecule has 0 spiro atoms. The molecule has 0 amide bonds. The van der Waals surface area contributed by atoms with Gasteiger partial charge >= 0.3 is 0 Å². The molecule has 1 saturated heterocycles. The average Bonchev–Trinajstić information content (AvgIpc) is 2.57. The summed E-state index contributed by atoms with van der Waals surface area (Å²) in [5, 5.41) is 7.34. The predicted molar refractivity (Wildman–Crippen MR) is 50.4 cm³/mol. The molecule has 1 N–H and O–H groups in total. The quantitative estimate of drug-likeness (QED) is 0.513. The van der Waals surface area contributed by atoms with Gasteiger partial charge in [0.25, 0.3) is 0 Å². The van der Waals surface area contributed by atoms with Crippen molar-refractivity contribution < 1.29 is 4.84 Å². The molecule has 0 aliphatic carbocycles. The second kappa shape index (κ2) is 5.14. The Kier molecular flexibility index (Phi) is 4.08. The molecule has 0 saturated carbocycles. The molecule has 3 nitrogen and oxygen atoms in total. The summed E-state index contributed by atoms with van der Waals surface area (Å²) < 4.78 is 0. The lowest BCUT2D eigenvalue weighted by Gasteiger charge is -2.07. The number of rotatable bonds is 4. The molecule has 70 valence electrons. The van der Waals surface area contributed by atoms with Gasteiger partial charge in [0.2, 0.25) is 0 Å². The molecule has 1 aliphatic heterocycles. The van der Waals surface area contributed by atoms with Gasteiger partial charge in [0.15, 0.2) is 0 Å². The highest BCUT2D eigenvalue weighted by Gasteiger charge is 2.13. The lowest BCUT2D eigenvalue weighted by molar-refractivity contribution is 0.124. The van der Waals surface area contributed by atoms with Crippen LogP contribution in [0.2, 0.25) is 0 Å². The van der Waals surface area contributed by atoms with Gasteiger partial charge in [0, 0.05) is 6.04 Å². The van der Waals surface area contributed by atoms with E-state index < -0.39 is 0 Å². The van der Waals surface area contributed by atoms with Gasteiger partial charge in [0.1, 0.15) is 6.61 Å². The third kappa shape index (κ3) is 3.22. The summed E-state index contributed by atoms with van der Waals surface area (Å²) in [5.74, 6) is 0. The molecule has 1 fully saturated rings. The molecular formula is C9H18N2O. The first kappa shape index (κ1) is 9.52. The van der Waals surface area contributed by atoms with Crippen LogP contribution in [0.15, 0.2) is 5.16 Å². The Morgan fingerprint density at radius 2 is 2.50 bits per heavy atom. The molecule has 0 bridgehead atoms. The zero-order chi connectivity index (χ0) is 8.81.